The molecule has 0 fully saturated rings. The Hall–Kier alpha value is -2.29. The highest BCUT2D eigenvalue weighted by molar-refractivity contribution is 7.99. The van der Waals surface area contributed by atoms with Crippen molar-refractivity contribution >= 4 is 17.4 Å². The van der Waals surface area contributed by atoms with E-state index in [0.29, 0.717) is 29.6 Å². The molecule has 0 atom stereocenters. The normalized spacial score (nSPS) is 11.3. The van der Waals surface area contributed by atoms with Crippen molar-refractivity contribution in [2.45, 2.75) is 31.6 Å². The summed E-state index contributed by atoms with van der Waals surface area (Å²) < 4.78 is 4.54. The lowest BCUT2D eigenvalue weighted by Crippen LogP contribution is -2.22. The number of aryl methyl sites for hydroxylation is 1. The van der Waals surface area contributed by atoms with E-state index in [4.69, 9.17) is 0 Å². The molecule has 0 aliphatic carbocycles. The minimum Gasteiger partial charge on any atom is -0.270 e. The molecule has 9 heteroatoms. The van der Waals surface area contributed by atoms with Crippen molar-refractivity contribution in [2.24, 2.45) is 0 Å². The SMILES string of the molecule is CCCn1c(SCCn2nc3ccccn3c2=O)n[nH]c1=O. The van der Waals surface area contributed by atoms with Crippen LogP contribution in [-0.4, -0.2) is 34.7 Å². The number of rotatable bonds is 6. The third kappa shape index (κ3) is 2.71. The molecule has 1 N–H and O–H groups in total. The fourth-order valence-corrected chi connectivity index (χ4v) is 3.06. The number of hydrogen-bond donors (Lipinski definition) is 1. The monoisotopic (exact) mass is 320 g/mol. The molecule has 0 radical (unpaired) electrons. The van der Waals surface area contributed by atoms with Crippen LogP contribution in [-0.2, 0) is 13.1 Å². The van der Waals surface area contributed by atoms with Gasteiger partial charge in [-0.15, -0.1) is 10.2 Å². The Morgan fingerprint density at radius 2 is 2.14 bits per heavy atom. The standard InChI is InChI=1S/C13H16N6O2S/c1-2-6-18-11(20)14-15-12(18)22-9-8-19-13(21)17-7-4-3-5-10(17)16-19/h3-5,7H,2,6,8-9H2,1H3,(H,14,20). The number of fused-ring (bicyclic) bond motifs is 1. The molecule has 0 saturated heterocycles. The maximum Gasteiger partial charge on any atom is 0.350 e. The van der Waals surface area contributed by atoms with Gasteiger partial charge in [-0.05, 0) is 18.6 Å². The Morgan fingerprint density at radius 3 is 2.91 bits per heavy atom. The first-order valence-corrected chi connectivity index (χ1v) is 8.01. The van der Waals surface area contributed by atoms with Crippen LogP contribution in [0.2, 0.25) is 0 Å². The molecule has 0 amide bonds. The van der Waals surface area contributed by atoms with Crippen LogP contribution in [0.1, 0.15) is 13.3 Å². The summed E-state index contributed by atoms with van der Waals surface area (Å²) in [5, 5.41) is 11.4. The number of H-pyrrole nitrogens is 1. The van der Waals surface area contributed by atoms with Crippen molar-refractivity contribution in [1.82, 2.24) is 28.9 Å². The molecule has 0 aliphatic heterocycles. The number of aromatic amines is 1. The molecular weight excluding hydrogens is 304 g/mol. The van der Waals surface area contributed by atoms with Crippen LogP contribution in [0.3, 0.4) is 0 Å². The summed E-state index contributed by atoms with van der Waals surface area (Å²) in [6.45, 7) is 3.09. The third-order valence-corrected chi connectivity index (χ3v) is 4.15. The Balaban J connectivity index is 1.71. The predicted octanol–water partition coefficient (Wildman–Crippen LogP) is 0.583. The molecule has 0 bridgehead atoms. The molecular formula is C13H16N6O2S. The second-order valence-electron chi connectivity index (χ2n) is 4.75. The summed E-state index contributed by atoms with van der Waals surface area (Å²) in [4.78, 5) is 23.7. The molecule has 0 unspecified atom stereocenters. The van der Waals surface area contributed by atoms with E-state index in [0.717, 1.165) is 6.42 Å². The van der Waals surface area contributed by atoms with Crippen LogP contribution in [0.5, 0.6) is 0 Å². The smallest absolute Gasteiger partial charge is 0.270 e. The van der Waals surface area contributed by atoms with Gasteiger partial charge in [0.15, 0.2) is 10.8 Å². The van der Waals surface area contributed by atoms with Crippen LogP contribution >= 0.6 is 11.8 Å². The lowest BCUT2D eigenvalue weighted by Gasteiger charge is -2.03. The second kappa shape index (κ2) is 6.22. The quantitative estimate of drug-likeness (QED) is 0.671. The lowest BCUT2D eigenvalue weighted by molar-refractivity contribution is 0.601. The van der Waals surface area contributed by atoms with Crippen molar-refractivity contribution in [3.8, 4) is 0 Å². The summed E-state index contributed by atoms with van der Waals surface area (Å²) in [6.07, 6.45) is 2.56. The van der Waals surface area contributed by atoms with Gasteiger partial charge in [0.2, 0.25) is 0 Å². The van der Waals surface area contributed by atoms with Gasteiger partial charge >= 0.3 is 11.4 Å². The number of aromatic nitrogens is 6. The molecule has 0 spiro atoms. The van der Waals surface area contributed by atoms with E-state index < -0.39 is 0 Å². The molecule has 116 valence electrons. The van der Waals surface area contributed by atoms with Gasteiger partial charge in [-0.25, -0.2) is 19.4 Å². The topological polar surface area (TPSA) is 90.0 Å². The van der Waals surface area contributed by atoms with E-state index in [1.165, 1.54) is 20.8 Å². The Kier molecular flexibility index (Phi) is 4.14. The van der Waals surface area contributed by atoms with Crippen molar-refractivity contribution in [2.75, 3.05) is 5.75 Å². The van der Waals surface area contributed by atoms with Gasteiger partial charge in [-0.1, -0.05) is 24.8 Å². The van der Waals surface area contributed by atoms with E-state index in [1.807, 2.05) is 13.0 Å². The number of thioether (sulfide) groups is 1. The molecule has 3 heterocycles. The van der Waals surface area contributed by atoms with E-state index in [9.17, 15) is 9.59 Å². The van der Waals surface area contributed by atoms with Gasteiger partial charge in [0.1, 0.15) is 0 Å². The van der Waals surface area contributed by atoms with Gasteiger partial charge in [-0.3, -0.25) is 8.97 Å². The Labute approximate surface area is 129 Å². The van der Waals surface area contributed by atoms with E-state index in [2.05, 4.69) is 15.3 Å². The number of nitrogens with one attached hydrogen (secondary N) is 1. The molecule has 0 aliphatic rings. The van der Waals surface area contributed by atoms with Crippen molar-refractivity contribution in [3.63, 3.8) is 0 Å². The average Bonchev–Trinajstić information content (AvgIpc) is 3.03. The summed E-state index contributed by atoms with van der Waals surface area (Å²) >= 11 is 1.43. The molecule has 8 nitrogen and oxygen atoms in total. The summed E-state index contributed by atoms with van der Waals surface area (Å²) in [5.74, 6) is 0.609. The zero-order chi connectivity index (χ0) is 15.5. The van der Waals surface area contributed by atoms with Crippen molar-refractivity contribution < 1.29 is 0 Å². The van der Waals surface area contributed by atoms with E-state index in [1.54, 1.807) is 22.9 Å². The largest absolute Gasteiger partial charge is 0.350 e. The zero-order valence-corrected chi connectivity index (χ0v) is 12.9. The molecule has 22 heavy (non-hydrogen) atoms. The van der Waals surface area contributed by atoms with Crippen LogP contribution < -0.4 is 11.4 Å². The van der Waals surface area contributed by atoms with Gasteiger partial charge in [-0.2, -0.15) is 0 Å². The summed E-state index contributed by atoms with van der Waals surface area (Å²) in [7, 11) is 0. The predicted molar refractivity (Wildman–Crippen MR) is 83.3 cm³/mol. The van der Waals surface area contributed by atoms with Crippen LogP contribution in [0.4, 0.5) is 0 Å². The van der Waals surface area contributed by atoms with Crippen LogP contribution in [0, 0.1) is 0 Å². The van der Waals surface area contributed by atoms with E-state index >= 15 is 0 Å². The minimum atomic E-state index is -0.200. The summed E-state index contributed by atoms with van der Waals surface area (Å²) in [5.41, 5.74) is 0.263. The molecule has 3 aromatic rings. The number of hydrogen-bond acceptors (Lipinski definition) is 5. The highest BCUT2D eigenvalue weighted by Crippen LogP contribution is 2.13. The number of pyridine rings is 1. The highest BCUT2D eigenvalue weighted by Gasteiger charge is 2.09. The summed E-state index contributed by atoms with van der Waals surface area (Å²) in [6, 6.07) is 5.42. The Bertz CT molecular complexity index is 890. The molecule has 0 saturated carbocycles. The van der Waals surface area contributed by atoms with Crippen LogP contribution in [0.15, 0.2) is 39.1 Å². The minimum absolute atomic E-state index is 0.163. The average molecular weight is 320 g/mol. The second-order valence-corrected chi connectivity index (χ2v) is 5.81. The zero-order valence-electron chi connectivity index (χ0n) is 12.1. The van der Waals surface area contributed by atoms with Crippen LogP contribution in [0.25, 0.3) is 5.65 Å². The first-order chi connectivity index (χ1) is 10.7. The highest BCUT2D eigenvalue weighted by atomic mass is 32.2. The van der Waals surface area contributed by atoms with Gasteiger partial charge in [0, 0.05) is 18.5 Å². The van der Waals surface area contributed by atoms with Gasteiger partial charge < -0.3 is 0 Å². The molecule has 3 aromatic heterocycles. The Morgan fingerprint density at radius 1 is 1.27 bits per heavy atom. The van der Waals surface area contributed by atoms with E-state index in [-0.39, 0.29) is 11.4 Å². The number of nitrogens with zero attached hydrogens (tertiary/aromatic N) is 5. The maximum absolute atomic E-state index is 12.1. The molecule has 3 rings (SSSR count). The fourth-order valence-electron chi connectivity index (χ4n) is 2.17. The first kappa shape index (κ1) is 14.6. The third-order valence-electron chi connectivity index (χ3n) is 3.19. The molecule has 0 aromatic carbocycles. The van der Waals surface area contributed by atoms with Crippen molar-refractivity contribution in [1.29, 1.82) is 0 Å². The lowest BCUT2D eigenvalue weighted by atomic mass is 10.5. The van der Waals surface area contributed by atoms with Gasteiger partial charge in [0.25, 0.3) is 0 Å². The fraction of sp³-hybridized carbons (Fsp3) is 0.385. The van der Waals surface area contributed by atoms with Gasteiger partial charge in [0.05, 0.1) is 6.54 Å². The van der Waals surface area contributed by atoms with Crippen molar-refractivity contribution in [3.05, 3.63) is 45.4 Å². The maximum atomic E-state index is 12.1. The first-order valence-electron chi connectivity index (χ1n) is 7.03.